The van der Waals surface area contributed by atoms with Crippen molar-refractivity contribution in [1.82, 2.24) is 18.7 Å². The molecule has 1 saturated heterocycles. The number of alkyl halides is 6. The fraction of sp³-hybridized carbons (Fsp3) is 0.500. The molecular weight excluding hydrogens is 458 g/mol. The quantitative estimate of drug-likeness (QED) is 0.636. The monoisotopic (exact) mass is 474 g/mol. The fourth-order valence-corrected chi connectivity index (χ4v) is 4.70. The van der Waals surface area contributed by atoms with Crippen LogP contribution >= 0.6 is 0 Å². The Morgan fingerprint density at radius 1 is 1.03 bits per heavy atom. The summed E-state index contributed by atoms with van der Waals surface area (Å²) in [4.78, 5) is 11.8. The van der Waals surface area contributed by atoms with Gasteiger partial charge >= 0.3 is 18.2 Å². The zero-order valence-corrected chi connectivity index (χ0v) is 16.6. The summed E-state index contributed by atoms with van der Waals surface area (Å²) in [5.74, 6) is -1.94. The Hall–Kier alpha value is -2.55. The van der Waals surface area contributed by atoms with Crippen molar-refractivity contribution in [2.75, 3.05) is 13.1 Å². The smallest absolute Gasteiger partial charge is 0.406 e. The van der Waals surface area contributed by atoms with Gasteiger partial charge in [-0.1, -0.05) is 0 Å². The topological polar surface area (TPSA) is 86.4 Å². The maximum absolute atomic E-state index is 12.9. The third-order valence-corrected chi connectivity index (χ3v) is 6.63. The summed E-state index contributed by atoms with van der Waals surface area (Å²) in [5, 5.41) is 3.36. The van der Waals surface area contributed by atoms with Crippen LogP contribution in [-0.4, -0.2) is 46.5 Å². The SMILES string of the molecule is Cn1c(C(F)(F)F)nn(C2CCN(S(=O)(=O)c3ccc(OC(F)(F)F)cc3)CC2)c1=O. The molecule has 1 fully saturated rings. The Kier molecular flexibility index (Phi) is 5.86. The maximum Gasteiger partial charge on any atom is 0.573 e. The summed E-state index contributed by atoms with van der Waals surface area (Å²) in [6.45, 7) is -0.226. The molecule has 0 bridgehead atoms. The van der Waals surface area contributed by atoms with Crippen LogP contribution in [0.5, 0.6) is 5.75 Å². The minimum Gasteiger partial charge on any atom is -0.406 e. The van der Waals surface area contributed by atoms with Gasteiger partial charge in [-0.05, 0) is 37.1 Å². The molecule has 1 aromatic carbocycles. The highest BCUT2D eigenvalue weighted by molar-refractivity contribution is 7.89. The van der Waals surface area contributed by atoms with Gasteiger partial charge in [0, 0.05) is 20.1 Å². The Balaban J connectivity index is 1.73. The van der Waals surface area contributed by atoms with Gasteiger partial charge in [-0.15, -0.1) is 18.3 Å². The lowest BCUT2D eigenvalue weighted by atomic mass is 10.1. The average molecular weight is 474 g/mol. The second-order valence-corrected chi connectivity index (χ2v) is 8.70. The van der Waals surface area contributed by atoms with E-state index in [1.807, 2.05) is 0 Å². The van der Waals surface area contributed by atoms with Crippen LogP contribution in [0.3, 0.4) is 0 Å². The molecule has 1 aromatic heterocycles. The zero-order chi connectivity index (χ0) is 23.2. The molecule has 0 aliphatic carbocycles. The molecule has 0 spiro atoms. The van der Waals surface area contributed by atoms with Gasteiger partial charge in [0.15, 0.2) is 0 Å². The molecule has 3 rings (SSSR count). The Morgan fingerprint density at radius 2 is 1.58 bits per heavy atom. The molecule has 31 heavy (non-hydrogen) atoms. The van der Waals surface area contributed by atoms with Crippen molar-refractivity contribution in [3.63, 3.8) is 0 Å². The van der Waals surface area contributed by atoms with Crippen LogP contribution in [0, 0.1) is 0 Å². The van der Waals surface area contributed by atoms with Gasteiger partial charge in [-0.3, -0.25) is 4.57 Å². The molecule has 1 aliphatic rings. The van der Waals surface area contributed by atoms with Crippen molar-refractivity contribution in [1.29, 1.82) is 0 Å². The lowest BCUT2D eigenvalue weighted by molar-refractivity contribution is -0.274. The number of halogens is 6. The first-order chi connectivity index (χ1) is 14.2. The molecule has 0 radical (unpaired) electrons. The number of benzene rings is 1. The van der Waals surface area contributed by atoms with Crippen LogP contribution < -0.4 is 10.4 Å². The molecule has 1 aliphatic heterocycles. The van der Waals surface area contributed by atoms with Crippen LogP contribution in [0.4, 0.5) is 26.3 Å². The fourth-order valence-electron chi connectivity index (χ4n) is 3.23. The van der Waals surface area contributed by atoms with Gasteiger partial charge in [0.05, 0.1) is 10.9 Å². The van der Waals surface area contributed by atoms with E-state index in [1.54, 1.807) is 0 Å². The molecule has 8 nitrogen and oxygen atoms in total. The Labute approximate surface area is 171 Å². The summed E-state index contributed by atoms with van der Waals surface area (Å²) in [6.07, 6.45) is -9.67. The lowest BCUT2D eigenvalue weighted by Gasteiger charge is -2.30. The first-order valence-electron chi connectivity index (χ1n) is 8.79. The van der Waals surface area contributed by atoms with Crippen molar-refractivity contribution in [3.8, 4) is 5.75 Å². The summed E-state index contributed by atoms with van der Waals surface area (Å²) in [5.41, 5.74) is -0.964. The molecule has 0 saturated carbocycles. The highest BCUT2D eigenvalue weighted by Crippen LogP contribution is 2.30. The summed E-state index contributed by atoms with van der Waals surface area (Å²) < 4.78 is 107. The maximum atomic E-state index is 12.9. The summed E-state index contributed by atoms with van der Waals surface area (Å²) in [7, 11) is -3.12. The molecule has 0 amide bonds. The van der Waals surface area contributed by atoms with E-state index in [9.17, 15) is 39.6 Å². The van der Waals surface area contributed by atoms with E-state index in [0.717, 1.165) is 35.6 Å². The van der Waals surface area contributed by atoms with Crippen molar-refractivity contribution in [2.45, 2.75) is 36.3 Å². The molecule has 2 heterocycles. The van der Waals surface area contributed by atoms with Gasteiger partial charge < -0.3 is 4.74 Å². The van der Waals surface area contributed by atoms with Crippen LogP contribution in [0.25, 0.3) is 0 Å². The lowest BCUT2D eigenvalue weighted by Crippen LogP contribution is -2.41. The number of ether oxygens (including phenoxy) is 1. The first-order valence-corrected chi connectivity index (χ1v) is 10.2. The second-order valence-electron chi connectivity index (χ2n) is 6.76. The number of sulfonamides is 1. The zero-order valence-electron chi connectivity index (χ0n) is 15.8. The van der Waals surface area contributed by atoms with Gasteiger partial charge in [0.25, 0.3) is 0 Å². The number of aromatic nitrogens is 3. The van der Waals surface area contributed by atoms with Crippen molar-refractivity contribution < 1.29 is 39.5 Å². The van der Waals surface area contributed by atoms with E-state index >= 15 is 0 Å². The molecule has 0 N–H and O–H groups in total. The van der Waals surface area contributed by atoms with Crippen LogP contribution in [0.2, 0.25) is 0 Å². The number of rotatable bonds is 4. The van der Waals surface area contributed by atoms with Gasteiger partial charge in [-0.25, -0.2) is 17.9 Å². The molecule has 0 unspecified atom stereocenters. The van der Waals surface area contributed by atoms with E-state index < -0.39 is 45.9 Å². The van der Waals surface area contributed by atoms with Crippen molar-refractivity contribution >= 4 is 10.0 Å². The summed E-state index contributed by atoms with van der Waals surface area (Å²) in [6, 6.07) is 2.91. The molecule has 0 atom stereocenters. The third kappa shape index (κ3) is 4.87. The van der Waals surface area contributed by atoms with Crippen molar-refractivity contribution in [2.24, 2.45) is 7.05 Å². The number of nitrogens with zero attached hydrogens (tertiary/aromatic N) is 4. The normalized spacial score (nSPS) is 17.1. The van der Waals surface area contributed by atoms with E-state index in [-0.39, 0.29) is 30.8 Å². The third-order valence-electron chi connectivity index (χ3n) is 4.72. The number of piperidine rings is 1. The van der Waals surface area contributed by atoms with E-state index in [2.05, 4.69) is 9.84 Å². The van der Waals surface area contributed by atoms with Crippen LogP contribution in [0.1, 0.15) is 24.7 Å². The predicted molar refractivity (Wildman–Crippen MR) is 92.6 cm³/mol. The highest BCUT2D eigenvalue weighted by Gasteiger charge is 2.39. The first kappa shape index (κ1) is 23.1. The number of hydrogen-bond acceptors (Lipinski definition) is 5. The van der Waals surface area contributed by atoms with Gasteiger partial charge in [0.1, 0.15) is 5.75 Å². The van der Waals surface area contributed by atoms with Crippen LogP contribution in [-0.2, 0) is 23.2 Å². The minimum atomic E-state index is -4.92. The Bertz CT molecular complexity index is 1100. The van der Waals surface area contributed by atoms with E-state index in [4.69, 9.17) is 0 Å². The van der Waals surface area contributed by atoms with E-state index in [1.165, 1.54) is 0 Å². The van der Waals surface area contributed by atoms with Crippen molar-refractivity contribution in [3.05, 3.63) is 40.6 Å². The average Bonchev–Trinajstić information content (AvgIpc) is 2.96. The molecule has 172 valence electrons. The largest absolute Gasteiger partial charge is 0.573 e. The predicted octanol–water partition coefficient (Wildman–Crippen LogP) is 2.53. The second kappa shape index (κ2) is 7.85. The van der Waals surface area contributed by atoms with E-state index in [0.29, 0.717) is 9.25 Å². The highest BCUT2D eigenvalue weighted by atomic mass is 32.2. The Morgan fingerprint density at radius 3 is 2.03 bits per heavy atom. The minimum absolute atomic E-state index is 0.0305. The molecule has 2 aromatic rings. The number of hydrogen-bond donors (Lipinski definition) is 0. The molecular formula is C16H16F6N4O4S. The van der Waals surface area contributed by atoms with Crippen LogP contribution in [0.15, 0.2) is 34.0 Å². The van der Waals surface area contributed by atoms with Gasteiger partial charge in [-0.2, -0.15) is 17.5 Å². The standard InChI is InChI=1S/C16H16F6N4O4S/c1-24-13(15(17,18)19)23-26(14(24)27)10-6-8-25(9-7-10)31(28,29)12-4-2-11(3-5-12)30-16(20,21)22/h2-5,10H,6-9H2,1H3. The summed E-state index contributed by atoms with van der Waals surface area (Å²) >= 11 is 0. The van der Waals surface area contributed by atoms with Gasteiger partial charge in [0.2, 0.25) is 15.8 Å². The molecule has 15 heteroatoms.